The van der Waals surface area contributed by atoms with Crippen LogP contribution < -0.4 is 12.4 Å². The lowest BCUT2D eigenvalue weighted by Gasteiger charge is -2.13. The fraction of sp³-hybridized carbons (Fsp3) is 0.350. The number of hydrogen-bond donors (Lipinski definition) is 0. The molecule has 0 N–H and O–H groups in total. The molecule has 124 valence electrons. The third kappa shape index (κ3) is 5.49. The molecule has 0 fully saturated rings. The van der Waals surface area contributed by atoms with E-state index in [0.29, 0.717) is 0 Å². The van der Waals surface area contributed by atoms with Gasteiger partial charge in [-0.1, -0.05) is 48.5 Å². The zero-order chi connectivity index (χ0) is 15.9. The second kappa shape index (κ2) is 9.49. The Balaban J connectivity index is 0.00000264. The Kier molecular flexibility index (Phi) is 8.01. The molecule has 0 aliphatic rings. The molecule has 23 heavy (non-hydrogen) atoms. The van der Waals surface area contributed by atoms with Crippen LogP contribution >= 0.6 is 0 Å². The lowest BCUT2D eigenvalue weighted by molar-refractivity contribution is -0.00000473. The van der Waals surface area contributed by atoms with Gasteiger partial charge in [0.1, 0.15) is 0 Å². The number of aryl methyl sites for hydroxylation is 2. The minimum absolute atomic E-state index is 0. The Hall–Kier alpha value is -1.64. The monoisotopic (exact) mass is 329 g/mol. The van der Waals surface area contributed by atoms with E-state index in [9.17, 15) is 0 Å². The Labute approximate surface area is 146 Å². The number of benzene rings is 2. The van der Waals surface area contributed by atoms with Gasteiger partial charge in [-0.25, -0.2) is 0 Å². The van der Waals surface area contributed by atoms with Gasteiger partial charge in [0, 0.05) is 17.7 Å². The van der Waals surface area contributed by atoms with Crippen molar-refractivity contribution in [2.45, 2.75) is 20.3 Å². The number of rotatable bonds is 6. The van der Waals surface area contributed by atoms with Crippen LogP contribution in [0.25, 0.3) is 0 Å². The third-order valence-electron chi connectivity index (χ3n) is 3.83. The Morgan fingerprint density at radius 1 is 0.870 bits per heavy atom. The van der Waals surface area contributed by atoms with Gasteiger partial charge in [0.05, 0.1) is 5.71 Å². The van der Waals surface area contributed by atoms with Gasteiger partial charge < -0.3 is 17.3 Å². The van der Waals surface area contributed by atoms with E-state index in [1.807, 2.05) is 0 Å². The van der Waals surface area contributed by atoms with Crippen LogP contribution in [0.15, 0.2) is 53.5 Å². The highest BCUT2D eigenvalue weighted by Crippen LogP contribution is 2.18. The minimum atomic E-state index is 0. The van der Waals surface area contributed by atoms with Crippen LogP contribution in [-0.4, -0.2) is 37.8 Å². The SMILES string of the molecule is Cc1ccccc1C(=NCCCN(C)C)c1ccccc1C.[Cl-]. The Morgan fingerprint density at radius 2 is 1.35 bits per heavy atom. The molecule has 0 radical (unpaired) electrons. The van der Waals surface area contributed by atoms with Crippen molar-refractivity contribution in [3.05, 3.63) is 70.8 Å². The van der Waals surface area contributed by atoms with Gasteiger partial charge in [0.25, 0.3) is 0 Å². The highest BCUT2D eigenvalue weighted by molar-refractivity contribution is 6.14. The molecule has 0 aliphatic heterocycles. The van der Waals surface area contributed by atoms with E-state index in [0.717, 1.165) is 25.2 Å². The number of hydrogen-bond acceptors (Lipinski definition) is 2. The minimum Gasteiger partial charge on any atom is -1.00 e. The van der Waals surface area contributed by atoms with E-state index in [1.54, 1.807) is 0 Å². The van der Waals surface area contributed by atoms with Crippen molar-refractivity contribution in [1.29, 1.82) is 0 Å². The van der Waals surface area contributed by atoms with Gasteiger partial charge in [0.15, 0.2) is 0 Å². The molecule has 2 nitrogen and oxygen atoms in total. The van der Waals surface area contributed by atoms with E-state index in [1.165, 1.54) is 22.3 Å². The summed E-state index contributed by atoms with van der Waals surface area (Å²) in [7, 11) is 4.21. The number of halogens is 1. The second-order valence-corrected chi connectivity index (χ2v) is 6.02. The molecule has 3 heteroatoms. The smallest absolute Gasteiger partial charge is 0.0724 e. The molecule has 0 saturated carbocycles. The van der Waals surface area contributed by atoms with Crippen molar-refractivity contribution in [1.82, 2.24) is 4.90 Å². The van der Waals surface area contributed by atoms with E-state index in [2.05, 4.69) is 81.4 Å². The van der Waals surface area contributed by atoms with E-state index < -0.39 is 0 Å². The normalized spacial score (nSPS) is 10.3. The summed E-state index contributed by atoms with van der Waals surface area (Å²) in [5, 5.41) is 0. The van der Waals surface area contributed by atoms with E-state index >= 15 is 0 Å². The average Bonchev–Trinajstić information content (AvgIpc) is 2.49. The lowest BCUT2D eigenvalue weighted by atomic mass is 9.95. The highest BCUT2D eigenvalue weighted by atomic mass is 35.5. The first-order valence-electron chi connectivity index (χ1n) is 7.91. The molecule has 0 aromatic heterocycles. The molecule has 0 saturated heterocycles. The lowest BCUT2D eigenvalue weighted by Crippen LogP contribution is -3.00. The average molecular weight is 330 g/mol. The predicted octanol–water partition coefficient (Wildman–Crippen LogP) is 1.10. The van der Waals surface area contributed by atoms with Crippen LogP contribution in [0, 0.1) is 13.8 Å². The van der Waals surface area contributed by atoms with Gasteiger partial charge in [-0.05, 0) is 52.0 Å². The van der Waals surface area contributed by atoms with Gasteiger partial charge in [-0.2, -0.15) is 0 Å². The van der Waals surface area contributed by atoms with Crippen molar-refractivity contribution < 1.29 is 12.4 Å². The van der Waals surface area contributed by atoms with Crippen molar-refractivity contribution in [3.63, 3.8) is 0 Å². The van der Waals surface area contributed by atoms with Crippen LogP contribution in [0.3, 0.4) is 0 Å². The summed E-state index contributed by atoms with van der Waals surface area (Å²) in [6.07, 6.45) is 1.08. The van der Waals surface area contributed by atoms with Crippen molar-refractivity contribution in [3.8, 4) is 0 Å². The van der Waals surface area contributed by atoms with Crippen molar-refractivity contribution in [2.24, 2.45) is 4.99 Å². The van der Waals surface area contributed by atoms with Crippen LogP contribution in [0.5, 0.6) is 0 Å². The summed E-state index contributed by atoms with van der Waals surface area (Å²) in [5.74, 6) is 0. The summed E-state index contributed by atoms with van der Waals surface area (Å²) in [6.45, 7) is 6.24. The van der Waals surface area contributed by atoms with Gasteiger partial charge in [0.2, 0.25) is 0 Å². The summed E-state index contributed by atoms with van der Waals surface area (Å²) in [6, 6.07) is 17.0. The van der Waals surface area contributed by atoms with Crippen LogP contribution in [0.2, 0.25) is 0 Å². The molecule has 2 aromatic carbocycles. The van der Waals surface area contributed by atoms with Crippen LogP contribution in [0.1, 0.15) is 28.7 Å². The molecule has 0 spiro atoms. The predicted molar refractivity (Wildman–Crippen MR) is 96.0 cm³/mol. The molecule has 0 aliphatic carbocycles. The molecular weight excluding hydrogens is 304 g/mol. The first-order valence-corrected chi connectivity index (χ1v) is 7.91. The maximum absolute atomic E-state index is 4.95. The quantitative estimate of drug-likeness (QED) is 0.572. The van der Waals surface area contributed by atoms with Crippen molar-refractivity contribution in [2.75, 3.05) is 27.2 Å². The fourth-order valence-corrected chi connectivity index (χ4v) is 2.57. The van der Waals surface area contributed by atoms with Gasteiger partial charge in [-0.3, -0.25) is 4.99 Å². The molecule has 2 rings (SSSR count). The van der Waals surface area contributed by atoms with Crippen LogP contribution in [0.4, 0.5) is 0 Å². The molecule has 0 atom stereocenters. The standard InChI is InChI=1S/C20H26N2.ClH/c1-16-10-5-7-12-18(16)20(21-14-9-15-22(3)4)19-13-8-6-11-17(19)2;/h5-8,10-13H,9,14-15H2,1-4H3;1H/p-1. The summed E-state index contributed by atoms with van der Waals surface area (Å²) in [5.41, 5.74) is 6.15. The largest absolute Gasteiger partial charge is 1.00 e. The zero-order valence-electron chi connectivity index (χ0n) is 14.5. The third-order valence-corrected chi connectivity index (χ3v) is 3.83. The van der Waals surface area contributed by atoms with E-state index in [-0.39, 0.29) is 12.4 Å². The second-order valence-electron chi connectivity index (χ2n) is 6.02. The van der Waals surface area contributed by atoms with Crippen molar-refractivity contribution >= 4 is 5.71 Å². The first kappa shape index (κ1) is 19.4. The maximum Gasteiger partial charge on any atom is 0.0724 e. The molecule has 0 amide bonds. The summed E-state index contributed by atoms with van der Waals surface area (Å²) >= 11 is 0. The molecule has 2 aromatic rings. The van der Waals surface area contributed by atoms with Crippen LogP contribution in [-0.2, 0) is 0 Å². The Morgan fingerprint density at radius 3 is 1.78 bits per heavy atom. The molecular formula is C20H26ClN2-. The zero-order valence-corrected chi connectivity index (χ0v) is 15.3. The molecule has 0 bridgehead atoms. The topological polar surface area (TPSA) is 15.6 Å². The Bertz CT molecular complexity index is 600. The summed E-state index contributed by atoms with van der Waals surface area (Å²) < 4.78 is 0. The van der Waals surface area contributed by atoms with Gasteiger partial charge >= 0.3 is 0 Å². The maximum atomic E-state index is 4.95. The fourth-order valence-electron chi connectivity index (χ4n) is 2.57. The van der Waals surface area contributed by atoms with E-state index in [4.69, 9.17) is 4.99 Å². The number of nitrogens with zero attached hydrogens (tertiary/aromatic N) is 2. The molecule has 0 heterocycles. The van der Waals surface area contributed by atoms with Gasteiger partial charge in [-0.15, -0.1) is 0 Å². The first-order chi connectivity index (χ1) is 10.6. The highest BCUT2D eigenvalue weighted by Gasteiger charge is 2.11. The molecule has 0 unspecified atom stereocenters. The number of aliphatic imine (C=N–C) groups is 1. The summed E-state index contributed by atoms with van der Waals surface area (Å²) in [4.78, 5) is 7.15.